The fraction of sp³-hybridized carbons (Fsp3) is 0.833. The van der Waals surface area contributed by atoms with Gasteiger partial charge in [0.05, 0.1) is 7.11 Å². The summed E-state index contributed by atoms with van der Waals surface area (Å²) in [5.74, 6) is -0.471. The average molecular weight is 455 g/mol. The zero-order chi connectivity index (χ0) is 23.3. The highest BCUT2D eigenvalue weighted by Gasteiger charge is 2.54. The van der Waals surface area contributed by atoms with Gasteiger partial charge in [0.1, 0.15) is 5.41 Å². The zero-order valence-corrected chi connectivity index (χ0v) is 20.8. The number of carbonyl (C=O) groups is 3. The number of methoxy groups -OCH3 is 1. The van der Waals surface area contributed by atoms with Gasteiger partial charge in [-0.3, -0.25) is 19.3 Å². The molecule has 1 aliphatic rings. The molecule has 0 aliphatic carbocycles. The SMILES string of the molecule is CCCC(C)C1(CC)C(=O)NC(=S)N(CCCCCCCCCCCC(=O)OC)C1=O. The number of unbranched alkanes of at least 4 members (excludes halogenated alkanes) is 8. The van der Waals surface area contributed by atoms with Crippen molar-refractivity contribution in [1.82, 2.24) is 10.2 Å². The molecule has 7 heteroatoms. The molecule has 0 radical (unpaired) electrons. The molecule has 1 fully saturated rings. The Morgan fingerprint density at radius 2 is 1.58 bits per heavy atom. The van der Waals surface area contributed by atoms with Gasteiger partial charge in [-0.15, -0.1) is 0 Å². The normalized spacial score (nSPS) is 20.0. The van der Waals surface area contributed by atoms with E-state index in [9.17, 15) is 14.4 Å². The Bertz CT molecular complexity index is 610. The maximum atomic E-state index is 13.3. The van der Waals surface area contributed by atoms with Crippen molar-refractivity contribution < 1.29 is 19.1 Å². The third kappa shape index (κ3) is 7.85. The largest absolute Gasteiger partial charge is 0.469 e. The first-order chi connectivity index (χ1) is 14.8. The maximum absolute atomic E-state index is 13.3. The van der Waals surface area contributed by atoms with Crippen LogP contribution in [0.4, 0.5) is 0 Å². The number of hydrogen-bond donors (Lipinski definition) is 1. The number of nitrogens with one attached hydrogen (secondary N) is 1. The number of esters is 1. The van der Waals surface area contributed by atoms with Gasteiger partial charge < -0.3 is 10.1 Å². The van der Waals surface area contributed by atoms with E-state index in [1.807, 2.05) is 13.8 Å². The van der Waals surface area contributed by atoms with Crippen LogP contribution >= 0.6 is 12.2 Å². The van der Waals surface area contributed by atoms with Gasteiger partial charge in [0.25, 0.3) is 0 Å². The minimum absolute atomic E-state index is 0.00628. The van der Waals surface area contributed by atoms with Crippen LogP contribution in [0, 0.1) is 11.3 Å². The summed E-state index contributed by atoms with van der Waals surface area (Å²) in [6, 6.07) is 0. The van der Waals surface area contributed by atoms with E-state index in [0.29, 0.717) is 19.4 Å². The smallest absolute Gasteiger partial charge is 0.305 e. The molecule has 6 nitrogen and oxygen atoms in total. The lowest BCUT2D eigenvalue weighted by Gasteiger charge is -2.43. The molecule has 2 atom stereocenters. The number of thiocarbonyl (C=S) groups is 1. The molecular formula is C24H42N2O4S. The van der Waals surface area contributed by atoms with Crippen molar-refractivity contribution in [3.63, 3.8) is 0 Å². The Morgan fingerprint density at radius 3 is 2.10 bits per heavy atom. The zero-order valence-electron chi connectivity index (χ0n) is 20.0. The molecule has 1 aliphatic heterocycles. The molecule has 0 saturated carbocycles. The molecule has 178 valence electrons. The number of hydrogen-bond acceptors (Lipinski definition) is 5. The van der Waals surface area contributed by atoms with E-state index in [1.54, 1.807) is 4.90 Å². The quantitative estimate of drug-likeness (QED) is 0.151. The Hall–Kier alpha value is -1.50. The predicted molar refractivity (Wildman–Crippen MR) is 127 cm³/mol. The number of nitrogens with zero attached hydrogens (tertiary/aromatic N) is 1. The van der Waals surface area contributed by atoms with Gasteiger partial charge in [0, 0.05) is 13.0 Å². The molecular weight excluding hydrogens is 412 g/mol. The van der Waals surface area contributed by atoms with Gasteiger partial charge in [-0.1, -0.05) is 72.1 Å². The van der Waals surface area contributed by atoms with Crippen LogP contribution in [-0.2, 0) is 19.1 Å². The predicted octanol–water partition coefficient (Wildman–Crippen LogP) is 5.14. The Balaban J connectivity index is 2.33. The molecule has 0 spiro atoms. The first kappa shape index (κ1) is 27.5. The fourth-order valence-electron chi connectivity index (χ4n) is 4.56. The standard InChI is InChI=1S/C24H42N2O4S/c1-5-16-19(3)24(6-2)21(28)25-23(31)26(22(24)29)18-15-13-11-9-7-8-10-12-14-17-20(27)30-4/h19H,5-18H2,1-4H3,(H,25,28,31). The van der Waals surface area contributed by atoms with Crippen molar-refractivity contribution in [1.29, 1.82) is 0 Å². The van der Waals surface area contributed by atoms with Crippen LogP contribution in [0.5, 0.6) is 0 Å². The van der Waals surface area contributed by atoms with Gasteiger partial charge in [-0.25, -0.2) is 0 Å². The lowest BCUT2D eigenvalue weighted by molar-refractivity contribution is -0.154. The van der Waals surface area contributed by atoms with Crippen LogP contribution in [0.3, 0.4) is 0 Å². The molecule has 2 amide bonds. The molecule has 2 unspecified atom stereocenters. The highest BCUT2D eigenvalue weighted by molar-refractivity contribution is 7.80. The summed E-state index contributed by atoms with van der Waals surface area (Å²) >= 11 is 5.32. The summed E-state index contributed by atoms with van der Waals surface area (Å²) in [4.78, 5) is 38.8. The summed E-state index contributed by atoms with van der Waals surface area (Å²) in [5, 5.41) is 3.06. The second-order valence-electron chi connectivity index (χ2n) is 8.74. The van der Waals surface area contributed by atoms with E-state index >= 15 is 0 Å². The van der Waals surface area contributed by atoms with Crippen molar-refractivity contribution in [3.8, 4) is 0 Å². The summed E-state index contributed by atoms with van der Waals surface area (Å²) in [7, 11) is 1.43. The van der Waals surface area contributed by atoms with Crippen LogP contribution in [0.15, 0.2) is 0 Å². The van der Waals surface area contributed by atoms with Gasteiger partial charge >= 0.3 is 5.97 Å². The first-order valence-corrected chi connectivity index (χ1v) is 12.5. The van der Waals surface area contributed by atoms with Crippen LogP contribution in [-0.4, -0.2) is 41.5 Å². The van der Waals surface area contributed by atoms with E-state index in [2.05, 4.69) is 17.0 Å². The highest BCUT2D eigenvalue weighted by Crippen LogP contribution is 2.39. The Labute approximate surface area is 193 Å². The molecule has 0 aromatic carbocycles. The maximum Gasteiger partial charge on any atom is 0.305 e. The molecule has 1 rings (SSSR count). The third-order valence-corrected chi connectivity index (χ3v) is 6.93. The summed E-state index contributed by atoms with van der Waals surface area (Å²) in [6.07, 6.45) is 12.6. The van der Waals surface area contributed by atoms with E-state index in [-0.39, 0.29) is 28.8 Å². The van der Waals surface area contributed by atoms with E-state index in [0.717, 1.165) is 51.4 Å². The fourth-order valence-corrected chi connectivity index (χ4v) is 4.83. The highest BCUT2D eigenvalue weighted by atomic mass is 32.1. The van der Waals surface area contributed by atoms with Crippen LogP contribution < -0.4 is 5.32 Å². The first-order valence-electron chi connectivity index (χ1n) is 12.1. The molecule has 1 heterocycles. The third-order valence-electron chi connectivity index (χ3n) is 6.61. The number of carbonyl (C=O) groups excluding carboxylic acids is 3. The molecule has 0 aromatic rings. The number of amides is 2. The monoisotopic (exact) mass is 454 g/mol. The molecule has 1 N–H and O–H groups in total. The number of rotatable bonds is 16. The van der Waals surface area contributed by atoms with Gasteiger partial charge in [0.2, 0.25) is 11.8 Å². The van der Waals surface area contributed by atoms with Crippen LogP contribution in [0.1, 0.15) is 104 Å². The van der Waals surface area contributed by atoms with Gasteiger partial charge in [-0.2, -0.15) is 0 Å². The molecule has 1 saturated heterocycles. The second-order valence-corrected chi connectivity index (χ2v) is 9.13. The van der Waals surface area contributed by atoms with E-state index in [1.165, 1.54) is 26.4 Å². The lowest BCUT2D eigenvalue weighted by atomic mass is 9.69. The minimum atomic E-state index is -0.994. The van der Waals surface area contributed by atoms with Crippen molar-refractivity contribution in [2.75, 3.05) is 13.7 Å². The molecule has 31 heavy (non-hydrogen) atoms. The van der Waals surface area contributed by atoms with Crippen molar-refractivity contribution >= 4 is 35.1 Å². The minimum Gasteiger partial charge on any atom is -0.469 e. The molecule has 0 bridgehead atoms. The van der Waals surface area contributed by atoms with Crippen LogP contribution in [0.2, 0.25) is 0 Å². The summed E-state index contributed by atoms with van der Waals surface area (Å²) < 4.78 is 4.64. The van der Waals surface area contributed by atoms with Crippen molar-refractivity contribution in [2.24, 2.45) is 11.3 Å². The lowest BCUT2D eigenvalue weighted by Crippen LogP contribution is -2.65. The average Bonchev–Trinajstić information content (AvgIpc) is 2.74. The second kappa shape index (κ2) is 14.5. The van der Waals surface area contributed by atoms with Crippen LogP contribution in [0.25, 0.3) is 0 Å². The van der Waals surface area contributed by atoms with Gasteiger partial charge in [-0.05, 0) is 43.8 Å². The number of ether oxygens (including phenoxy) is 1. The van der Waals surface area contributed by atoms with E-state index < -0.39 is 5.41 Å². The topological polar surface area (TPSA) is 75.7 Å². The van der Waals surface area contributed by atoms with Crippen molar-refractivity contribution in [3.05, 3.63) is 0 Å². The summed E-state index contributed by atoms with van der Waals surface area (Å²) in [5.41, 5.74) is -0.994. The van der Waals surface area contributed by atoms with Gasteiger partial charge in [0.15, 0.2) is 5.11 Å². The Kier molecular flexibility index (Phi) is 12.9. The summed E-state index contributed by atoms with van der Waals surface area (Å²) in [6.45, 7) is 6.58. The van der Waals surface area contributed by atoms with E-state index in [4.69, 9.17) is 12.2 Å². The van der Waals surface area contributed by atoms with Crippen molar-refractivity contribution in [2.45, 2.75) is 104 Å². The Morgan fingerprint density at radius 1 is 1.03 bits per heavy atom. The molecule has 0 aromatic heterocycles.